The molecule has 2 aliphatic heterocycles. The molecule has 3 heterocycles. The van der Waals surface area contributed by atoms with Crippen molar-refractivity contribution >= 4 is 52.5 Å². The van der Waals surface area contributed by atoms with Crippen molar-refractivity contribution in [1.82, 2.24) is 9.97 Å². The SMILES string of the molecule is CC[C@@H]1CCCCN1c1nc2c(c(=O)[nH]1)[C@H](C(=O)Nc1cc(Cl)cc(Cl)c1)CC(=O)N2. The normalized spacial score (nSPS) is 20.7. The monoisotopic (exact) mass is 463 g/mol. The maximum atomic E-state index is 13.0. The van der Waals surface area contributed by atoms with E-state index in [1.165, 1.54) is 0 Å². The van der Waals surface area contributed by atoms with Gasteiger partial charge in [0.05, 0.1) is 11.5 Å². The molecule has 0 bridgehead atoms. The Morgan fingerprint density at radius 1 is 1.23 bits per heavy atom. The van der Waals surface area contributed by atoms with Crippen LogP contribution in [0, 0.1) is 0 Å². The van der Waals surface area contributed by atoms with E-state index in [2.05, 4.69) is 32.4 Å². The number of H-pyrrole nitrogens is 1. The Bertz CT molecular complexity index is 1070. The predicted molar refractivity (Wildman–Crippen MR) is 121 cm³/mol. The first kappa shape index (κ1) is 21.6. The molecule has 31 heavy (non-hydrogen) atoms. The Hall–Kier alpha value is -2.58. The fraction of sp³-hybridized carbons (Fsp3) is 0.429. The van der Waals surface area contributed by atoms with Gasteiger partial charge in [-0.05, 0) is 43.9 Å². The fourth-order valence-corrected chi connectivity index (χ4v) is 4.80. The number of carbonyl (C=O) groups is 2. The summed E-state index contributed by atoms with van der Waals surface area (Å²) < 4.78 is 0. The topological polar surface area (TPSA) is 107 Å². The van der Waals surface area contributed by atoms with Crippen molar-refractivity contribution in [3.8, 4) is 0 Å². The van der Waals surface area contributed by atoms with Crippen LogP contribution in [0.3, 0.4) is 0 Å². The lowest BCUT2D eigenvalue weighted by atomic mass is 9.92. The number of hydrogen-bond acceptors (Lipinski definition) is 5. The van der Waals surface area contributed by atoms with Gasteiger partial charge in [-0.3, -0.25) is 19.4 Å². The second kappa shape index (κ2) is 8.88. The largest absolute Gasteiger partial charge is 0.339 e. The third kappa shape index (κ3) is 4.55. The summed E-state index contributed by atoms with van der Waals surface area (Å²) in [4.78, 5) is 47.7. The number of piperidine rings is 1. The third-order valence-electron chi connectivity index (χ3n) is 5.76. The van der Waals surface area contributed by atoms with Crippen LogP contribution in [0.1, 0.15) is 50.5 Å². The zero-order valence-electron chi connectivity index (χ0n) is 17.0. The predicted octanol–water partition coefficient (Wildman–Crippen LogP) is 3.91. The summed E-state index contributed by atoms with van der Waals surface area (Å²) in [5.74, 6) is -1.28. The number of nitrogens with zero attached hydrogens (tertiary/aromatic N) is 2. The number of fused-ring (bicyclic) bond motifs is 1. The van der Waals surface area contributed by atoms with Crippen molar-refractivity contribution < 1.29 is 9.59 Å². The molecule has 0 spiro atoms. The number of carbonyl (C=O) groups excluding carboxylic acids is 2. The highest BCUT2D eigenvalue weighted by molar-refractivity contribution is 6.35. The van der Waals surface area contributed by atoms with E-state index < -0.39 is 17.4 Å². The van der Waals surface area contributed by atoms with Crippen LogP contribution >= 0.6 is 23.2 Å². The summed E-state index contributed by atoms with van der Waals surface area (Å²) in [6.07, 6.45) is 3.95. The molecule has 2 amide bonds. The summed E-state index contributed by atoms with van der Waals surface area (Å²) in [5.41, 5.74) is 0.110. The fourth-order valence-electron chi connectivity index (χ4n) is 4.28. The number of halogens is 2. The van der Waals surface area contributed by atoms with Crippen LogP contribution in [-0.4, -0.2) is 34.4 Å². The lowest BCUT2D eigenvalue weighted by Gasteiger charge is -2.36. The maximum Gasteiger partial charge on any atom is 0.258 e. The lowest BCUT2D eigenvalue weighted by Crippen LogP contribution is -2.43. The molecule has 0 radical (unpaired) electrons. The number of anilines is 3. The van der Waals surface area contributed by atoms with Gasteiger partial charge in [0.25, 0.3) is 5.56 Å². The minimum absolute atomic E-state index is 0.139. The molecule has 1 fully saturated rings. The number of nitrogens with one attached hydrogen (secondary N) is 3. The van der Waals surface area contributed by atoms with Gasteiger partial charge in [0, 0.05) is 34.7 Å². The quantitative estimate of drug-likeness (QED) is 0.636. The van der Waals surface area contributed by atoms with Gasteiger partial charge in [-0.25, -0.2) is 0 Å². The van der Waals surface area contributed by atoms with Gasteiger partial charge < -0.3 is 15.5 Å². The van der Waals surface area contributed by atoms with Crippen LogP contribution in [-0.2, 0) is 9.59 Å². The van der Waals surface area contributed by atoms with Crippen molar-refractivity contribution in [2.75, 3.05) is 22.1 Å². The molecule has 2 aliphatic rings. The summed E-state index contributed by atoms with van der Waals surface area (Å²) in [6.45, 7) is 2.89. The second-order valence-corrected chi connectivity index (χ2v) is 8.73. The van der Waals surface area contributed by atoms with Crippen LogP contribution in [0.15, 0.2) is 23.0 Å². The first-order valence-corrected chi connectivity index (χ1v) is 11.1. The number of aromatic nitrogens is 2. The number of aromatic amines is 1. The van der Waals surface area contributed by atoms with Gasteiger partial charge in [0.2, 0.25) is 17.8 Å². The van der Waals surface area contributed by atoms with E-state index in [9.17, 15) is 14.4 Å². The van der Waals surface area contributed by atoms with E-state index in [0.717, 1.165) is 32.2 Å². The van der Waals surface area contributed by atoms with Gasteiger partial charge in [-0.1, -0.05) is 30.1 Å². The molecular weight excluding hydrogens is 441 g/mol. The summed E-state index contributed by atoms with van der Waals surface area (Å²) in [6, 6.07) is 4.91. The molecule has 0 unspecified atom stereocenters. The molecule has 0 aliphatic carbocycles. The van der Waals surface area contributed by atoms with Crippen molar-refractivity contribution in [2.24, 2.45) is 0 Å². The lowest BCUT2D eigenvalue weighted by molar-refractivity contribution is -0.123. The smallest absolute Gasteiger partial charge is 0.258 e. The minimum Gasteiger partial charge on any atom is -0.339 e. The van der Waals surface area contributed by atoms with E-state index in [4.69, 9.17) is 23.2 Å². The standard InChI is InChI=1S/C21H23Cl2N5O3/c1-2-14-5-3-4-6-28(14)21-26-18-17(20(31)27-21)15(10-16(29)25-18)19(30)24-13-8-11(22)7-12(23)9-13/h7-9,14-15H,2-6,10H2,1H3,(H,24,30)(H2,25,26,27,29,31)/t14-,15-/m1/s1. The Balaban J connectivity index is 1.66. The molecule has 164 valence electrons. The molecule has 2 atom stereocenters. The highest BCUT2D eigenvalue weighted by Gasteiger charge is 2.36. The van der Waals surface area contributed by atoms with Gasteiger partial charge >= 0.3 is 0 Å². The van der Waals surface area contributed by atoms with Crippen molar-refractivity contribution in [2.45, 2.75) is 51.0 Å². The van der Waals surface area contributed by atoms with Crippen LogP contribution < -0.4 is 21.1 Å². The Morgan fingerprint density at radius 2 is 1.97 bits per heavy atom. The molecule has 8 nitrogen and oxygen atoms in total. The average molecular weight is 464 g/mol. The van der Waals surface area contributed by atoms with Gasteiger partial charge in [0.1, 0.15) is 5.82 Å². The number of rotatable bonds is 4. The average Bonchev–Trinajstić information content (AvgIpc) is 2.71. The van der Waals surface area contributed by atoms with E-state index in [1.54, 1.807) is 18.2 Å². The highest BCUT2D eigenvalue weighted by atomic mass is 35.5. The molecule has 4 rings (SSSR count). The molecule has 2 aromatic rings. The summed E-state index contributed by atoms with van der Waals surface area (Å²) in [5, 5.41) is 6.08. The number of amides is 2. The zero-order chi connectivity index (χ0) is 22.1. The van der Waals surface area contributed by atoms with Crippen LogP contribution in [0.5, 0.6) is 0 Å². The van der Waals surface area contributed by atoms with E-state index in [0.29, 0.717) is 21.7 Å². The third-order valence-corrected chi connectivity index (χ3v) is 6.19. The Morgan fingerprint density at radius 3 is 2.68 bits per heavy atom. The van der Waals surface area contributed by atoms with Crippen molar-refractivity contribution in [3.63, 3.8) is 0 Å². The summed E-state index contributed by atoms with van der Waals surface area (Å²) >= 11 is 12.0. The van der Waals surface area contributed by atoms with E-state index in [1.807, 2.05) is 0 Å². The minimum atomic E-state index is -0.977. The van der Waals surface area contributed by atoms with Crippen LogP contribution in [0.4, 0.5) is 17.5 Å². The second-order valence-electron chi connectivity index (χ2n) is 7.86. The summed E-state index contributed by atoms with van der Waals surface area (Å²) in [7, 11) is 0. The number of hydrogen-bond donors (Lipinski definition) is 3. The van der Waals surface area contributed by atoms with E-state index in [-0.39, 0.29) is 29.8 Å². The Kier molecular flexibility index (Phi) is 6.20. The van der Waals surface area contributed by atoms with E-state index >= 15 is 0 Å². The van der Waals surface area contributed by atoms with Crippen LogP contribution in [0.25, 0.3) is 0 Å². The first-order chi connectivity index (χ1) is 14.9. The molecular formula is C21H23Cl2N5O3. The molecule has 1 saturated heterocycles. The Labute approximate surface area is 189 Å². The molecule has 10 heteroatoms. The maximum absolute atomic E-state index is 13.0. The number of benzene rings is 1. The zero-order valence-corrected chi connectivity index (χ0v) is 18.5. The molecule has 1 aromatic heterocycles. The highest BCUT2D eigenvalue weighted by Crippen LogP contribution is 2.32. The molecule has 3 N–H and O–H groups in total. The van der Waals surface area contributed by atoms with Crippen LogP contribution in [0.2, 0.25) is 10.0 Å². The molecule has 1 aromatic carbocycles. The molecule has 0 saturated carbocycles. The van der Waals surface area contributed by atoms with Gasteiger partial charge in [0.15, 0.2) is 0 Å². The first-order valence-electron chi connectivity index (χ1n) is 10.3. The van der Waals surface area contributed by atoms with Gasteiger partial charge in [-0.15, -0.1) is 0 Å². The van der Waals surface area contributed by atoms with Crippen molar-refractivity contribution in [3.05, 3.63) is 44.2 Å². The van der Waals surface area contributed by atoms with Gasteiger partial charge in [-0.2, -0.15) is 4.98 Å². The van der Waals surface area contributed by atoms with Crippen molar-refractivity contribution in [1.29, 1.82) is 0 Å².